The Bertz CT molecular complexity index is 669. The van der Waals surface area contributed by atoms with Gasteiger partial charge < -0.3 is 15.4 Å². The van der Waals surface area contributed by atoms with E-state index in [9.17, 15) is 0 Å². The SMILES string of the molecule is CCc1cnc(CNC(=NC)NCC(C)Oc2ccccc2C)s1. The van der Waals surface area contributed by atoms with Crippen molar-refractivity contribution >= 4 is 17.3 Å². The zero-order valence-corrected chi connectivity index (χ0v) is 15.6. The number of rotatable bonds is 7. The molecule has 0 saturated carbocycles. The maximum absolute atomic E-state index is 5.97. The van der Waals surface area contributed by atoms with E-state index in [1.165, 1.54) is 4.88 Å². The van der Waals surface area contributed by atoms with Crippen molar-refractivity contribution in [3.05, 3.63) is 45.9 Å². The third-order valence-electron chi connectivity index (χ3n) is 3.56. The van der Waals surface area contributed by atoms with Crippen LogP contribution in [0.2, 0.25) is 0 Å². The first-order valence-corrected chi connectivity index (χ1v) is 9.04. The molecule has 2 N–H and O–H groups in total. The Kier molecular flexibility index (Phi) is 7.06. The van der Waals surface area contributed by atoms with Crippen molar-refractivity contribution < 1.29 is 4.74 Å². The van der Waals surface area contributed by atoms with Gasteiger partial charge in [-0.1, -0.05) is 25.1 Å². The number of ether oxygens (including phenoxy) is 1. The summed E-state index contributed by atoms with van der Waals surface area (Å²) in [7, 11) is 1.77. The second kappa shape index (κ2) is 9.27. The lowest BCUT2D eigenvalue weighted by Gasteiger charge is -2.18. The van der Waals surface area contributed by atoms with Gasteiger partial charge in [0.2, 0.25) is 0 Å². The molecule has 0 aliphatic heterocycles. The highest BCUT2D eigenvalue weighted by Gasteiger charge is 2.08. The fourth-order valence-electron chi connectivity index (χ4n) is 2.16. The molecule has 2 aromatic rings. The van der Waals surface area contributed by atoms with E-state index in [2.05, 4.69) is 40.5 Å². The molecule has 130 valence electrons. The number of guanidine groups is 1. The number of aromatic nitrogens is 1. The van der Waals surface area contributed by atoms with Gasteiger partial charge in [0.25, 0.3) is 0 Å². The highest BCUT2D eigenvalue weighted by atomic mass is 32.1. The Hall–Kier alpha value is -2.08. The van der Waals surface area contributed by atoms with Crippen LogP contribution in [0.15, 0.2) is 35.5 Å². The van der Waals surface area contributed by atoms with E-state index in [0.717, 1.165) is 28.7 Å². The van der Waals surface area contributed by atoms with Gasteiger partial charge in [-0.05, 0) is 31.9 Å². The van der Waals surface area contributed by atoms with Crippen molar-refractivity contribution in [1.82, 2.24) is 15.6 Å². The van der Waals surface area contributed by atoms with Crippen LogP contribution in [0, 0.1) is 6.92 Å². The summed E-state index contributed by atoms with van der Waals surface area (Å²) in [6, 6.07) is 8.04. The molecule has 1 aromatic carbocycles. The topological polar surface area (TPSA) is 58.5 Å². The van der Waals surface area contributed by atoms with Crippen LogP contribution < -0.4 is 15.4 Å². The quantitative estimate of drug-likeness (QED) is 0.597. The molecule has 1 aromatic heterocycles. The summed E-state index contributed by atoms with van der Waals surface area (Å²) in [6.45, 7) is 7.58. The number of para-hydroxylation sites is 1. The zero-order chi connectivity index (χ0) is 17.4. The summed E-state index contributed by atoms with van der Waals surface area (Å²) >= 11 is 1.73. The van der Waals surface area contributed by atoms with Gasteiger partial charge >= 0.3 is 0 Å². The average molecular weight is 347 g/mol. The Balaban J connectivity index is 1.77. The number of aryl methyl sites for hydroxylation is 2. The van der Waals surface area contributed by atoms with E-state index in [4.69, 9.17) is 4.74 Å². The fourth-order valence-corrected chi connectivity index (χ4v) is 2.96. The lowest BCUT2D eigenvalue weighted by atomic mass is 10.2. The normalized spacial score (nSPS) is 12.8. The van der Waals surface area contributed by atoms with Crippen LogP contribution in [0.25, 0.3) is 0 Å². The van der Waals surface area contributed by atoms with Crippen LogP contribution in [0.3, 0.4) is 0 Å². The van der Waals surface area contributed by atoms with Crippen molar-refractivity contribution in [3.63, 3.8) is 0 Å². The fraction of sp³-hybridized carbons (Fsp3) is 0.444. The van der Waals surface area contributed by atoms with Gasteiger partial charge in [0.1, 0.15) is 16.9 Å². The van der Waals surface area contributed by atoms with E-state index in [-0.39, 0.29) is 6.10 Å². The van der Waals surface area contributed by atoms with E-state index in [1.807, 2.05) is 31.3 Å². The van der Waals surface area contributed by atoms with E-state index < -0.39 is 0 Å². The predicted molar refractivity (Wildman–Crippen MR) is 101 cm³/mol. The van der Waals surface area contributed by atoms with Gasteiger partial charge in [-0.2, -0.15) is 0 Å². The summed E-state index contributed by atoms with van der Waals surface area (Å²) in [5.74, 6) is 1.67. The van der Waals surface area contributed by atoms with Gasteiger partial charge in [-0.25, -0.2) is 4.98 Å². The first-order chi connectivity index (χ1) is 11.6. The minimum atomic E-state index is 0.0382. The Morgan fingerprint density at radius 1 is 1.33 bits per heavy atom. The summed E-state index contributed by atoms with van der Waals surface area (Å²) < 4.78 is 5.97. The van der Waals surface area contributed by atoms with Crippen molar-refractivity contribution in [2.75, 3.05) is 13.6 Å². The van der Waals surface area contributed by atoms with E-state index in [1.54, 1.807) is 18.4 Å². The van der Waals surface area contributed by atoms with E-state index >= 15 is 0 Å². The van der Waals surface area contributed by atoms with Crippen molar-refractivity contribution in [1.29, 1.82) is 0 Å². The average Bonchev–Trinajstić information content (AvgIpc) is 3.05. The van der Waals surface area contributed by atoms with Gasteiger partial charge in [0.05, 0.1) is 13.1 Å². The van der Waals surface area contributed by atoms with Crippen molar-refractivity contribution in [2.24, 2.45) is 4.99 Å². The monoisotopic (exact) mass is 346 g/mol. The third kappa shape index (κ3) is 5.53. The lowest BCUT2D eigenvalue weighted by Crippen LogP contribution is -2.41. The maximum Gasteiger partial charge on any atom is 0.191 e. The molecule has 0 amide bonds. The molecule has 1 atom stereocenters. The molecular formula is C18H26N4OS. The molecule has 5 nitrogen and oxygen atoms in total. The molecule has 6 heteroatoms. The molecule has 2 rings (SSSR count). The molecule has 24 heavy (non-hydrogen) atoms. The molecule has 0 spiro atoms. The van der Waals surface area contributed by atoms with Crippen LogP contribution >= 0.6 is 11.3 Å². The molecule has 1 unspecified atom stereocenters. The molecule has 0 bridgehead atoms. The minimum absolute atomic E-state index is 0.0382. The van der Waals surface area contributed by atoms with Gasteiger partial charge in [0.15, 0.2) is 5.96 Å². The molecule has 0 aliphatic rings. The summed E-state index contributed by atoms with van der Waals surface area (Å²) in [4.78, 5) is 9.95. The summed E-state index contributed by atoms with van der Waals surface area (Å²) in [6.07, 6.45) is 3.00. The number of benzene rings is 1. The van der Waals surface area contributed by atoms with Crippen molar-refractivity contribution in [3.8, 4) is 5.75 Å². The Morgan fingerprint density at radius 3 is 2.79 bits per heavy atom. The second-order valence-corrected chi connectivity index (χ2v) is 6.77. The molecule has 0 saturated heterocycles. The van der Waals surface area contributed by atoms with Gasteiger partial charge in [-0.3, -0.25) is 4.99 Å². The van der Waals surface area contributed by atoms with Crippen LogP contribution in [0.4, 0.5) is 0 Å². The minimum Gasteiger partial charge on any atom is -0.489 e. The molecule has 1 heterocycles. The Morgan fingerprint density at radius 2 is 2.12 bits per heavy atom. The largest absolute Gasteiger partial charge is 0.489 e. The van der Waals surface area contributed by atoms with E-state index in [0.29, 0.717) is 13.1 Å². The third-order valence-corrected chi connectivity index (χ3v) is 4.70. The molecule has 0 radical (unpaired) electrons. The number of hydrogen-bond donors (Lipinski definition) is 2. The number of thiazole rings is 1. The first kappa shape index (κ1) is 18.3. The number of nitrogens with one attached hydrogen (secondary N) is 2. The second-order valence-electron chi connectivity index (χ2n) is 5.57. The number of nitrogens with zero attached hydrogens (tertiary/aromatic N) is 2. The lowest BCUT2D eigenvalue weighted by molar-refractivity contribution is 0.222. The van der Waals surface area contributed by atoms with Crippen LogP contribution in [-0.2, 0) is 13.0 Å². The van der Waals surface area contributed by atoms with Crippen LogP contribution in [0.5, 0.6) is 5.75 Å². The smallest absolute Gasteiger partial charge is 0.191 e. The molecule has 0 aliphatic carbocycles. The summed E-state index contributed by atoms with van der Waals surface area (Å²) in [5.41, 5.74) is 1.14. The zero-order valence-electron chi connectivity index (χ0n) is 14.8. The number of hydrogen-bond acceptors (Lipinski definition) is 4. The predicted octanol–water partition coefficient (Wildman–Crippen LogP) is 3.15. The summed E-state index contributed by atoms with van der Waals surface area (Å²) in [5, 5.41) is 7.64. The first-order valence-electron chi connectivity index (χ1n) is 8.22. The van der Waals surface area contributed by atoms with Crippen LogP contribution in [0.1, 0.15) is 29.3 Å². The highest BCUT2D eigenvalue weighted by Crippen LogP contribution is 2.17. The molecule has 0 fully saturated rings. The number of aliphatic imine (C=N–C) groups is 1. The van der Waals surface area contributed by atoms with Crippen LogP contribution in [-0.4, -0.2) is 30.6 Å². The standard InChI is InChI=1S/C18H26N4OS/c1-5-15-11-20-17(24-15)12-22-18(19-4)21-10-14(3)23-16-9-7-6-8-13(16)2/h6-9,11,14H,5,10,12H2,1-4H3,(H2,19,21,22). The highest BCUT2D eigenvalue weighted by molar-refractivity contribution is 7.11. The maximum atomic E-state index is 5.97. The Labute approximate surface area is 148 Å². The van der Waals surface area contributed by atoms with Gasteiger partial charge in [0, 0.05) is 18.1 Å². The van der Waals surface area contributed by atoms with Crippen molar-refractivity contribution in [2.45, 2.75) is 39.8 Å². The van der Waals surface area contributed by atoms with Gasteiger partial charge in [-0.15, -0.1) is 11.3 Å². The molecular weight excluding hydrogens is 320 g/mol.